The van der Waals surface area contributed by atoms with Crippen molar-refractivity contribution in [1.29, 1.82) is 0 Å². The van der Waals surface area contributed by atoms with E-state index < -0.39 is 8.32 Å². The summed E-state index contributed by atoms with van der Waals surface area (Å²) in [5.74, 6) is 0.551. The van der Waals surface area contributed by atoms with E-state index in [2.05, 4.69) is 50.3 Å². The maximum Gasteiger partial charge on any atom is 0.192 e. The van der Waals surface area contributed by atoms with Crippen LogP contribution in [-0.4, -0.2) is 13.3 Å². The Balaban J connectivity index is 2.06. The van der Waals surface area contributed by atoms with Gasteiger partial charge in [-0.15, -0.1) is 11.3 Å². The molecule has 0 saturated heterocycles. The molecule has 0 unspecified atom stereocenters. The lowest BCUT2D eigenvalue weighted by Crippen LogP contribution is -2.40. The van der Waals surface area contributed by atoms with Crippen molar-refractivity contribution in [3.63, 3.8) is 0 Å². The van der Waals surface area contributed by atoms with Crippen LogP contribution in [0, 0.1) is 0 Å². The van der Waals surface area contributed by atoms with Crippen LogP contribution < -0.4 is 5.73 Å². The number of nitrogens with zero attached hydrogens (tertiary/aromatic N) is 1. The molecule has 21 heavy (non-hydrogen) atoms. The first kappa shape index (κ1) is 16.2. The summed E-state index contributed by atoms with van der Waals surface area (Å²) in [7, 11) is -1.69. The molecule has 3 nitrogen and oxygen atoms in total. The zero-order valence-corrected chi connectivity index (χ0v) is 15.3. The van der Waals surface area contributed by atoms with Gasteiger partial charge in [-0.3, -0.25) is 0 Å². The van der Waals surface area contributed by atoms with E-state index in [-0.39, 0.29) is 5.04 Å². The van der Waals surface area contributed by atoms with Gasteiger partial charge in [-0.1, -0.05) is 20.8 Å². The molecule has 114 valence electrons. The third kappa shape index (κ3) is 3.93. The van der Waals surface area contributed by atoms with E-state index in [0.717, 1.165) is 5.56 Å². The molecular weight excluding hydrogens is 296 g/mol. The lowest BCUT2D eigenvalue weighted by molar-refractivity contribution is 0.279. The molecule has 2 aromatic heterocycles. The molecule has 0 atom stereocenters. The summed E-state index contributed by atoms with van der Waals surface area (Å²) in [5, 5.41) is 2.39. The van der Waals surface area contributed by atoms with Crippen molar-refractivity contribution in [1.82, 2.24) is 4.98 Å². The van der Waals surface area contributed by atoms with E-state index >= 15 is 0 Å². The summed E-state index contributed by atoms with van der Waals surface area (Å²) in [6.45, 7) is 12.1. The smallest absolute Gasteiger partial charge is 0.192 e. The molecule has 0 aliphatic carbocycles. The molecule has 2 rings (SSSR count). The Morgan fingerprint density at radius 2 is 1.95 bits per heavy atom. The first-order chi connectivity index (χ1) is 9.69. The monoisotopic (exact) mass is 320 g/mol. The second kappa shape index (κ2) is 5.91. The van der Waals surface area contributed by atoms with Crippen LogP contribution in [0.1, 0.15) is 25.6 Å². The average Bonchev–Trinajstić information content (AvgIpc) is 2.85. The van der Waals surface area contributed by atoms with Crippen molar-refractivity contribution in [3.8, 4) is 11.1 Å². The third-order valence-corrected chi connectivity index (χ3v) is 9.54. The molecule has 0 spiro atoms. The Hall–Kier alpha value is -1.17. The Morgan fingerprint density at radius 1 is 1.24 bits per heavy atom. The molecule has 0 fully saturated rings. The summed E-state index contributed by atoms with van der Waals surface area (Å²) < 4.78 is 6.26. The van der Waals surface area contributed by atoms with Crippen molar-refractivity contribution in [2.45, 2.75) is 45.5 Å². The van der Waals surface area contributed by atoms with Gasteiger partial charge in [0.05, 0.1) is 6.61 Å². The molecule has 0 aliphatic heterocycles. The number of pyridine rings is 1. The van der Waals surface area contributed by atoms with Crippen LogP contribution in [0.3, 0.4) is 0 Å². The van der Waals surface area contributed by atoms with Crippen molar-refractivity contribution in [3.05, 3.63) is 34.7 Å². The first-order valence-corrected chi connectivity index (χ1v) is 10.9. The molecule has 0 saturated carbocycles. The molecule has 0 radical (unpaired) electrons. The topological polar surface area (TPSA) is 48.1 Å². The Bertz CT molecular complexity index is 599. The van der Waals surface area contributed by atoms with E-state index in [1.165, 1.54) is 10.4 Å². The van der Waals surface area contributed by atoms with Crippen LogP contribution in [-0.2, 0) is 11.0 Å². The van der Waals surface area contributed by atoms with E-state index in [4.69, 9.17) is 10.2 Å². The van der Waals surface area contributed by atoms with Crippen LogP contribution in [0.5, 0.6) is 0 Å². The van der Waals surface area contributed by atoms with Gasteiger partial charge in [-0.2, -0.15) is 0 Å². The van der Waals surface area contributed by atoms with E-state index in [1.807, 2.05) is 18.3 Å². The molecule has 5 heteroatoms. The number of aromatic nitrogens is 1. The minimum Gasteiger partial charge on any atom is -0.412 e. The molecule has 2 N–H and O–H groups in total. The van der Waals surface area contributed by atoms with Crippen molar-refractivity contribution in [2.75, 3.05) is 5.73 Å². The summed E-state index contributed by atoms with van der Waals surface area (Å²) in [6.07, 6.45) is 1.82. The number of rotatable bonds is 4. The fourth-order valence-electron chi connectivity index (χ4n) is 1.65. The fraction of sp³-hybridized carbons (Fsp3) is 0.438. The highest BCUT2D eigenvalue weighted by atomic mass is 32.1. The molecule has 0 aliphatic rings. The van der Waals surface area contributed by atoms with Crippen molar-refractivity contribution in [2.24, 2.45) is 0 Å². The lowest BCUT2D eigenvalue weighted by Gasteiger charge is -2.36. The largest absolute Gasteiger partial charge is 0.412 e. The van der Waals surface area contributed by atoms with Crippen molar-refractivity contribution < 1.29 is 4.43 Å². The Labute approximate surface area is 132 Å². The number of thiophene rings is 1. The van der Waals surface area contributed by atoms with Crippen LogP contribution in [0.4, 0.5) is 5.82 Å². The van der Waals surface area contributed by atoms with Gasteiger partial charge < -0.3 is 10.2 Å². The van der Waals surface area contributed by atoms with Gasteiger partial charge in [-0.05, 0) is 47.3 Å². The minimum absolute atomic E-state index is 0.244. The second-order valence-corrected chi connectivity index (χ2v) is 12.6. The molecule has 0 aromatic carbocycles. The number of anilines is 1. The number of nitrogen functional groups attached to an aromatic ring is 1. The highest BCUT2D eigenvalue weighted by Crippen LogP contribution is 2.37. The number of nitrogens with two attached hydrogens (primary N) is 1. The van der Waals surface area contributed by atoms with Crippen molar-refractivity contribution >= 4 is 25.5 Å². The SMILES string of the molecule is CC(C)(C)[Si](C)(C)OCc1cc(-c2ccc(N)nc2)cs1. The number of hydrogen-bond acceptors (Lipinski definition) is 4. The zero-order chi connectivity index (χ0) is 15.7. The quantitative estimate of drug-likeness (QED) is 0.814. The normalized spacial score (nSPS) is 12.6. The van der Waals surface area contributed by atoms with Gasteiger partial charge in [0.15, 0.2) is 8.32 Å². The zero-order valence-electron chi connectivity index (χ0n) is 13.4. The predicted molar refractivity (Wildman–Crippen MR) is 93.9 cm³/mol. The third-order valence-electron chi connectivity index (χ3n) is 4.15. The van der Waals surface area contributed by atoms with Crippen LogP contribution >= 0.6 is 11.3 Å². The van der Waals surface area contributed by atoms with Gasteiger partial charge in [-0.25, -0.2) is 4.98 Å². The van der Waals surface area contributed by atoms with Crippen LogP contribution in [0.15, 0.2) is 29.8 Å². The summed E-state index contributed by atoms with van der Waals surface area (Å²) >= 11 is 1.74. The molecule has 2 aromatic rings. The van der Waals surface area contributed by atoms with Crippen LogP contribution in [0.25, 0.3) is 11.1 Å². The Morgan fingerprint density at radius 3 is 2.52 bits per heavy atom. The average molecular weight is 321 g/mol. The fourth-order valence-corrected chi connectivity index (χ4v) is 3.51. The van der Waals surface area contributed by atoms with Gasteiger partial charge >= 0.3 is 0 Å². The molecule has 0 bridgehead atoms. The molecule has 0 amide bonds. The van der Waals surface area contributed by atoms with E-state index in [1.54, 1.807) is 11.3 Å². The maximum atomic E-state index is 6.26. The predicted octanol–water partition coefficient (Wildman–Crippen LogP) is 4.91. The second-order valence-electron chi connectivity index (χ2n) is 6.82. The minimum atomic E-state index is -1.69. The van der Waals surface area contributed by atoms with Gasteiger partial charge in [0.2, 0.25) is 0 Å². The van der Waals surface area contributed by atoms with E-state index in [0.29, 0.717) is 12.4 Å². The maximum absolute atomic E-state index is 6.26. The molecular formula is C16H24N2OSSi. The molecule has 2 heterocycles. The summed E-state index contributed by atoms with van der Waals surface area (Å²) in [5.41, 5.74) is 7.90. The number of hydrogen-bond donors (Lipinski definition) is 1. The van der Waals surface area contributed by atoms with Crippen LogP contribution in [0.2, 0.25) is 18.1 Å². The summed E-state index contributed by atoms with van der Waals surface area (Å²) in [4.78, 5) is 5.40. The highest BCUT2D eigenvalue weighted by molar-refractivity contribution is 7.10. The Kier molecular flexibility index (Phi) is 4.56. The summed E-state index contributed by atoms with van der Waals surface area (Å²) in [6, 6.07) is 6.02. The van der Waals surface area contributed by atoms with E-state index in [9.17, 15) is 0 Å². The first-order valence-electron chi connectivity index (χ1n) is 7.12. The lowest BCUT2D eigenvalue weighted by atomic mass is 10.1. The van der Waals surface area contributed by atoms with Gasteiger partial charge in [0.1, 0.15) is 5.82 Å². The standard InChI is InChI=1S/C16H24N2OSSi/c1-16(2,3)21(4,5)19-10-14-8-13(11-20-14)12-6-7-15(17)18-9-12/h6-9,11H,10H2,1-5H3,(H2,17,18). The van der Waals surface area contributed by atoms with Gasteiger partial charge in [0, 0.05) is 16.6 Å². The highest BCUT2D eigenvalue weighted by Gasteiger charge is 2.37. The van der Waals surface area contributed by atoms with Gasteiger partial charge in [0.25, 0.3) is 0 Å².